The van der Waals surface area contributed by atoms with Crippen LogP contribution in [0.15, 0.2) is 0 Å². The zero-order valence-electron chi connectivity index (χ0n) is 13.1. The highest BCUT2D eigenvalue weighted by molar-refractivity contribution is 6.60. The molecule has 0 rings (SSSR count). The Hall–Kier alpha value is 0.234. The summed E-state index contributed by atoms with van der Waals surface area (Å²) in [5.41, 5.74) is 0. The van der Waals surface area contributed by atoms with E-state index < -0.39 is 8.80 Å². The highest BCUT2D eigenvalue weighted by Crippen LogP contribution is 2.18. The molecule has 0 heterocycles. The van der Waals surface area contributed by atoms with Crippen molar-refractivity contribution in [1.29, 1.82) is 0 Å². The van der Waals surface area contributed by atoms with E-state index in [0.717, 1.165) is 12.5 Å². The molecule has 0 saturated heterocycles. The molecule has 0 spiro atoms. The molecule has 0 bridgehead atoms. The van der Waals surface area contributed by atoms with Crippen molar-refractivity contribution >= 4 is 18.3 Å². The average Bonchev–Trinajstić information content (AvgIpc) is 2.47. The first-order valence-electron chi connectivity index (χ1n) is 6.89. The molecule has 0 radical (unpaired) electrons. The van der Waals surface area contributed by atoms with Crippen molar-refractivity contribution in [2.75, 3.05) is 35.5 Å². The van der Waals surface area contributed by atoms with E-state index in [-0.39, 0.29) is 15.4 Å². The fourth-order valence-electron chi connectivity index (χ4n) is 2.07. The van der Waals surface area contributed by atoms with Crippen LogP contribution in [0.3, 0.4) is 0 Å². The van der Waals surface area contributed by atoms with Crippen LogP contribution in [0.2, 0.25) is 12.1 Å². The molecule has 0 amide bonds. The van der Waals surface area contributed by atoms with Crippen LogP contribution < -0.4 is 0 Å². The molecule has 0 aromatic heterocycles. The molecule has 0 aromatic carbocycles. The van der Waals surface area contributed by atoms with Crippen LogP contribution in [0.4, 0.5) is 0 Å². The Morgan fingerprint density at radius 1 is 0.789 bits per heavy atom. The normalized spacial score (nSPS) is 12.9. The third-order valence-electron chi connectivity index (χ3n) is 3.38. The van der Waals surface area contributed by atoms with Gasteiger partial charge in [0.15, 0.2) is 0 Å². The SMILES string of the molecule is COC(OC)[SiH2]CCCCCC[Si](OC)(OC)OC. The predicted octanol–water partition coefficient (Wildman–Crippen LogP) is 1.59. The van der Waals surface area contributed by atoms with E-state index in [2.05, 4.69) is 0 Å². The number of methoxy groups -OCH3 is 2. The summed E-state index contributed by atoms with van der Waals surface area (Å²) in [5, 5.41) is 0. The third kappa shape index (κ3) is 8.18. The summed E-state index contributed by atoms with van der Waals surface area (Å²) in [5.74, 6) is 0.0792. The standard InChI is InChI=1S/C12H30O5Si2/c1-13-12(14-2)18-10-8-6-7-9-11-19(15-3,16-4)17-5/h12H,6-11,18H2,1-5H3. The maximum absolute atomic E-state index is 5.39. The Morgan fingerprint density at radius 3 is 1.79 bits per heavy atom. The van der Waals surface area contributed by atoms with E-state index in [1.807, 2.05) is 0 Å². The monoisotopic (exact) mass is 310 g/mol. The van der Waals surface area contributed by atoms with E-state index in [1.165, 1.54) is 25.3 Å². The number of rotatable bonds is 13. The van der Waals surface area contributed by atoms with E-state index in [4.69, 9.17) is 22.8 Å². The number of hydrogen-bond donors (Lipinski definition) is 0. The molecule has 0 fully saturated rings. The second-order valence-electron chi connectivity index (χ2n) is 4.50. The summed E-state index contributed by atoms with van der Waals surface area (Å²) in [6.45, 7) is 0. The van der Waals surface area contributed by atoms with Crippen molar-refractivity contribution in [3.8, 4) is 0 Å². The van der Waals surface area contributed by atoms with Crippen molar-refractivity contribution < 1.29 is 22.8 Å². The number of ether oxygens (including phenoxy) is 2. The Balaban J connectivity index is 3.54. The van der Waals surface area contributed by atoms with Crippen molar-refractivity contribution in [3.05, 3.63) is 0 Å². The van der Waals surface area contributed by atoms with E-state index >= 15 is 0 Å². The third-order valence-corrected chi connectivity index (χ3v) is 8.26. The van der Waals surface area contributed by atoms with E-state index in [1.54, 1.807) is 35.5 Å². The average molecular weight is 311 g/mol. The van der Waals surface area contributed by atoms with Crippen LogP contribution in [-0.4, -0.2) is 59.8 Å². The van der Waals surface area contributed by atoms with Gasteiger partial charge in [0.25, 0.3) is 0 Å². The van der Waals surface area contributed by atoms with Gasteiger partial charge in [-0.3, -0.25) is 0 Å². The quantitative estimate of drug-likeness (QED) is 0.294. The van der Waals surface area contributed by atoms with Gasteiger partial charge in [-0.05, 0) is 6.42 Å². The summed E-state index contributed by atoms with van der Waals surface area (Å²) >= 11 is 0. The fourth-order valence-corrected chi connectivity index (χ4v) is 5.31. The van der Waals surface area contributed by atoms with Gasteiger partial charge >= 0.3 is 8.80 Å². The van der Waals surface area contributed by atoms with Gasteiger partial charge in [0.1, 0.15) is 5.91 Å². The molecule has 0 aliphatic carbocycles. The minimum atomic E-state index is -2.35. The summed E-state index contributed by atoms with van der Waals surface area (Å²) in [7, 11) is 5.82. The first kappa shape index (κ1) is 19.2. The molecule has 0 saturated carbocycles. The molecular weight excluding hydrogens is 280 g/mol. The second kappa shape index (κ2) is 12.0. The number of hydrogen-bond acceptors (Lipinski definition) is 5. The van der Waals surface area contributed by atoms with Crippen molar-refractivity contribution in [2.24, 2.45) is 0 Å². The van der Waals surface area contributed by atoms with Crippen LogP contribution in [0.25, 0.3) is 0 Å². The van der Waals surface area contributed by atoms with Gasteiger partial charge in [0.05, 0.1) is 9.52 Å². The van der Waals surface area contributed by atoms with Gasteiger partial charge in [-0.1, -0.05) is 25.3 Å². The van der Waals surface area contributed by atoms with Gasteiger partial charge in [0, 0.05) is 41.6 Å². The van der Waals surface area contributed by atoms with Crippen molar-refractivity contribution in [2.45, 2.75) is 43.7 Å². The lowest BCUT2D eigenvalue weighted by atomic mass is 10.2. The summed E-state index contributed by atoms with van der Waals surface area (Å²) in [6, 6.07) is 2.17. The molecule has 19 heavy (non-hydrogen) atoms. The zero-order valence-corrected chi connectivity index (χ0v) is 15.5. The van der Waals surface area contributed by atoms with Crippen molar-refractivity contribution in [3.63, 3.8) is 0 Å². The zero-order chi connectivity index (χ0) is 14.6. The molecule has 0 unspecified atom stereocenters. The van der Waals surface area contributed by atoms with Crippen molar-refractivity contribution in [1.82, 2.24) is 0 Å². The number of unbranched alkanes of at least 4 members (excludes halogenated alkanes) is 3. The largest absolute Gasteiger partial charge is 0.500 e. The van der Waals surface area contributed by atoms with E-state index in [9.17, 15) is 0 Å². The van der Waals surface area contributed by atoms with E-state index in [0.29, 0.717) is 0 Å². The molecule has 0 aliphatic rings. The molecular formula is C12H30O5Si2. The molecule has 0 aromatic rings. The lowest BCUT2D eigenvalue weighted by molar-refractivity contribution is -0.0441. The minimum Gasteiger partial charge on any atom is -0.377 e. The molecule has 7 heteroatoms. The van der Waals surface area contributed by atoms with Crippen LogP contribution in [0, 0.1) is 0 Å². The van der Waals surface area contributed by atoms with Crippen LogP contribution in [-0.2, 0) is 22.8 Å². The topological polar surface area (TPSA) is 46.2 Å². The Labute approximate surface area is 121 Å². The van der Waals surface area contributed by atoms with Gasteiger partial charge in [-0.15, -0.1) is 0 Å². The lowest BCUT2D eigenvalue weighted by Gasteiger charge is -2.24. The fraction of sp³-hybridized carbons (Fsp3) is 1.00. The first-order chi connectivity index (χ1) is 9.17. The molecule has 116 valence electrons. The Kier molecular flexibility index (Phi) is 12.2. The maximum atomic E-state index is 5.39. The molecule has 5 nitrogen and oxygen atoms in total. The molecule has 0 N–H and O–H groups in total. The van der Waals surface area contributed by atoms with Crippen LogP contribution in [0.5, 0.6) is 0 Å². The lowest BCUT2D eigenvalue weighted by Crippen LogP contribution is -2.42. The minimum absolute atomic E-state index is 0.0792. The summed E-state index contributed by atoms with van der Waals surface area (Å²) in [6.07, 6.45) is 4.80. The van der Waals surface area contributed by atoms with Gasteiger partial charge in [-0.2, -0.15) is 0 Å². The van der Waals surface area contributed by atoms with Crippen LogP contribution in [0.1, 0.15) is 25.7 Å². The van der Waals surface area contributed by atoms with Gasteiger partial charge in [-0.25, -0.2) is 0 Å². The predicted molar refractivity (Wildman–Crippen MR) is 81.2 cm³/mol. The van der Waals surface area contributed by atoms with Crippen LogP contribution >= 0.6 is 0 Å². The van der Waals surface area contributed by atoms with Gasteiger partial charge < -0.3 is 22.8 Å². The maximum Gasteiger partial charge on any atom is 0.500 e. The second-order valence-corrected chi connectivity index (χ2v) is 9.54. The Bertz CT molecular complexity index is 190. The highest BCUT2D eigenvalue weighted by atomic mass is 28.4. The smallest absolute Gasteiger partial charge is 0.377 e. The first-order valence-corrected chi connectivity index (χ1v) is 10.6. The summed E-state index contributed by atoms with van der Waals surface area (Å²) in [4.78, 5) is 0. The molecule has 0 atom stereocenters. The highest BCUT2D eigenvalue weighted by Gasteiger charge is 2.36. The van der Waals surface area contributed by atoms with Gasteiger partial charge in [0.2, 0.25) is 0 Å². The summed E-state index contributed by atoms with van der Waals surface area (Å²) < 4.78 is 26.6. The Morgan fingerprint density at radius 2 is 1.32 bits per heavy atom. The molecule has 0 aliphatic heterocycles.